The number of aliphatic carboxylic acids is 1. The predicted molar refractivity (Wildman–Crippen MR) is 87.8 cm³/mol. The van der Waals surface area contributed by atoms with E-state index in [4.69, 9.17) is 0 Å². The normalized spacial score (nSPS) is 21.4. The fraction of sp³-hybridized carbons (Fsp3) is 0.579. The van der Waals surface area contributed by atoms with Crippen molar-refractivity contribution in [3.05, 3.63) is 35.9 Å². The van der Waals surface area contributed by atoms with Gasteiger partial charge in [-0.2, -0.15) is 0 Å². The summed E-state index contributed by atoms with van der Waals surface area (Å²) < 4.78 is 0. The highest BCUT2D eigenvalue weighted by Crippen LogP contribution is 2.44. The number of amides is 1. The van der Waals surface area contributed by atoms with Crippen LogP contribution >= 0.6 is 0 Å². The highest BCUT2D eigenvalue weighted by molar-refractivity contribution is 5.85. The van der Waals surface area contributed by atoms with Crippen LogP contribution in [0.25, 0.3) is 0 Å². The summed E-state index contributed by atoms with van der Waals surface area (Å²) in [5.41, 5.74) is 0.312. The lowest BCUT2D eigenvalue weighted by Gasteiger charge is -2.37. The molecule has 0 radical (unpaired) electrons. The molecule has 1 unspecified atom stereocenters. The Labute approximate surface area is 137 Å². The molecular formula is C19H25NO3. The highest BCUT2D eigenvalue weighted by Gasteiger charge is 2.46. The zero-order chi connectivity index (χ0) is 16.3. The molecule has 1 aromatic carbocycles. The summed E-state index contributed by atoms with van der Waals surface area (Å²) in [6.07, 6.45) is 6.94. The van der Waals surface area contributed by atoms with Crippen LogP contribution < -0.4 is 5.32 Å². The Morgan fingerprint density at radius 2 is 1.78 bits per heavy atom. The number of hydrogen-bond donors (Lipinski definition) is 2. The number of nitrogens with one attached hydrogen (secondary N) is 1. The number of benzene rings is 1. The minimum Gasteiger partial charge on any atom is -0.481 e. The summed E-state index contributed by atoms with van der Waals surface area (Å²) in [6.45, 7) is 0. The average Bonchev–Trinajstić information content (AvgIpc) is 3.03. The van der Waals surface area contributed by atoms with Crippen LogP contribution in [0.15, 0.2) is 30.3 Å². The van der Waals surface area contributed by atoms with Gasteiger partial charge in [0, 0.05) is 6.42 Å². The van der Waals surface area contributed by atoms with E-state index in [1.165, 1.54) is 12.8 Å². The molecule has 0 saturated heterocycles. The van der Waals surface area contributed by atoms with Gasteiger partial charge >= 0.3 is 5.97 Å². The quantitative estimate of drug-likeness (QED) is 0.841. The Morgan fingerprint density at radius 3 is 2.30 bits per heavy atom. The fourth-order valence-electron chi connectivity index (χ4n) is 4.03. The predicted octanol–water partition coefficient (Wildman–Crippen LogP) is 3.68. The second-order valence-corrected chi connectivity index (χ2v) is 7.12. The molecular weight excluding hydrogens is 290 g/mol. The SMILES string of the molecule is O=C(CC1(C(=O)O)CCC1)NC(c1ccccc1)C1CCCC1. The van der Waals surface area contributed by atoms with Crippen LogP contribution in [0.2, 0.25) is 0 Å². The van der Waals surface area contributed by atoms with Crippen molar-refractivity contribution >= 4 is 11.9 Å². The molecule has 1 aromatic rings. The number of carbonyl (C=O) groups is 2. The number of carboxylic acid groups (broad SMARTS) is 1. The van der Waals surface area contributed by atoms with E-state index in [0.717, 1.165) is 24.8 Å². The van der Waals surface area contributed by atoms with Gasteiger partial charge in [0.15, 0.2) is 0 Å². The van der Waals surface area contributed by atoms with E-state index < -0.39 is 11.4 Å². The smallest absolute Gasteiger partial charge is 0.310 e. The van der Waals surface area contributed by atoms with Gasteiger partial charge in [0.2, 0.25) is 5.91 Å². The van der Waals surface area contributed by atoms with E-state index in [-0.39, 0.29) is 18.4 Å². The van der Waals surface area contributed by atoms with Crippen molar-refractivity contribution in [1.29, 1.82) is 0 Å². The van der Waals surface area contributed by atoms with Crippen molar-refractivity contribution in [2.45, 2.75) is 57.4 Å². The Bertz CT molecular complexity index is 559. The number of rotatable bonds is 6. The molecule has 1 atom stereocenters. The second-order valence-electron chi connectivity index (χ2n) is 7.12. The third kappa shape index (κ3) is 3.41. The van der Waals surface area contributed by atoms with Crippen LogP contribution in [0.4, 0.5) is 0 Å². The van der Waals surface area contributed by atoms with Gasteiger partial charge in [-0.25, -0.2) is 0 Å². The third-order valence-corrected chi connectivity index (χ3v) is 5.61. The van der Waals surface area contributed by atoms with Gasteiger partial charge in [-0.1, -0.05) is 49.6 Å². The van der Waals surface area contributed by atoms with E-state index in [9.17, 15) is 14.7 Å². The molecule has 3 rings (SSSR count). The first kappa shape index (κ1) is 16.0. The van der Waals surface area contributed by atoms with Crippen LogP contribution in [0.3, 0.4) is 0 Å². The van der Waals surface area contributed by atoms with Gasteiger partial charge < -0.3 is 10.4 Å². The van der Waals surface area contributed by atoms with Crippen LogP contribution in [-0.4, -0.2) is 17.0 Å². The standard InChI is InChI=1S/C19H25NO3/c21-16(13-19(18(22)23)11-6-12-19)20-17(15-9-4-5-10-15)14-7-2-1-3-8-14/h1-3,7-8,15,17H,4-6,9-13H2,(H,20,21)(H,22,23). The topological polar surface area (TPSA) is 66.4 Å². The third-order valence-electron chi connectivity index (χ3n) is 5.61. The van der Waals surface area contributed by atoms with Crippen molar-refractivity contribution in [2.75, 3.05) is 0 Å². The number of carbonyl (C=O) groups excluding carboxylic acids is 1. The minimum absolute atomic E-state index is 0.0112. The lowest BCUT2D eigenvalue weighted by molar-refractivity contribution is -0.157. The summed E-state index contributed by atoms with van der Waals surface area (Å²) in [6, 6.07) is 10.1. The summed E-state index contributed by atoms with van der Waals surface area (Å²) in [4.78, 5) is 24.0. The van der Waals surface area contributed by atoms with E-state index >= 15 is 0 Å². The number of carboxylic acids is 1. The second kappa shape index (κ2) is 6.73. The van der Waals surface area contributed by atoms with Crippen molar-refractivity contribution in [3.63, 3.8) is 0 Å². The van der Waals surface area contributed by atoms with Gasteiger partial charge in [0.05, 0.1) is 11.5 Å². The molecule has 0 heterocycles. The van der Waals surface area contributed by atoms with Crippen molar-refractivity contribution in [1.82, 2.24) is 5.32 Å². The first-order chi connectivity index (χ1) is 11.1. The Balaban J connectivity index is 1.71. The molecule has 0 aromatic heterocycles. The molecule has 1 amide bonds. The van der Waals surface area contributed by atoms with E-state index in [1.807, 2.05) is 18.2 Å². The van der Waals surface area contributed by atoms with Crippen molar-refractivity contribution < 1.29 is 14.7 Å². The molecule has 4 heteroatoms. The largest absolute Gasteiger partial charge is 0.481 e. The molecule has 23 heavy (non-hydrogen) atoms. The van der Waals surface area contributed by atoms with E-state index in [2.05, 4.69) is 17.4 Å². The van der Waals surface area contributed by atoms with E-state index in [0.29, 0.717) is 18.8 Å². The van der Waals surface area contributed by atoms with Crippen LogP contribution in [-0.2, 0) is 9.59 Å². The Morgan fingerprint density at radius 1 is 1.13 bits per heavy atom. The van der Waals surface area contributed by atoms with Gasteiger partial charge in [-0.05, 0) is 37.2 Å². The first-order valence-corrected chi connectivity index (χ1v) is 8.68. The van der Waals surface area contributed by atoms with Crippen LogP contribution in [0, 0.1) is 11.3 Å². The molecule has 0 aliphatic heterocycles. The monoisotopic (exact) mass is 315 g/mol. The molecule has 2 fully saturated rings. The lowest BCUT2D eigenvalue weighted by atomic mass is 9.66. The summed E-state index contributed by atoms with van der Waals surface area (Å²) in [7, 11) is 0. The Kier molecular flexibility index (Phi) is 4.69. The fourth-order valence-corrected chi connectivity index (χ4v) is 4.03. The zero-order valence-electron chi connectivity index (χ0n) is 13.5. The maximum atomic E-state index is 12.5. The van der Waals surface area contributed by atoms with Crippen LogP contribution in [0.1, 0.15) is 63.0 Å². The molecule has 4 nitrogen and oxygen atoms in total. The van der Waals surface area contributed by atoms with Crippen molar-refractivity contribution in [2.24, 2.45) is 11.3 Å². The molecule has 2 aliphatic carbocycles. The molecule has 0 bridgehead atoms. The molecule has 2 saturated carbocycles. The van der Waals surface area contributed by atoms with Gasteiger partial charge in [-0.15, -0.1) is 0 Å². The summed E-state index contributed by atoms with van der Waals surface area (Å²) in [5, 5.41) is 12.6. The molecule has 2 N–H and O–H groups in total. The molecule has 124 valence electrons. The minimum atomic E-state index is -0.823. The van der Waals surface area contributed by atoms with Crippen LogP contribution in [0.5, 0.6) is 0 Å². The van der Waals surface area contributed by atoms with Crippen molar-refractivity contribution in [3.8, 4) is 0 Å². The first-order valence-electron chi connectivity index (χ1n) is 8.68. The highest BCUT2D eigenvalue weighted by atomic mass is 16.4. The lowest BCUT2D eigenvalue weighted by Crippen LogP contribution is -2.44. The maximum absolute atomic E-state index is 12.5. The van der Waals surface area contributed by atoms with Gasteiger partial charge in [-0.3, -0.25) is 9.59 Å². The summed E-state index contributed by atoms with van der Waals surface area (Å²) in [5.74, 6) is -0.479. The summed E-state index contributed by atoms with van der Waals surface area (Å²) >= 11 is 0. The number of hydrogen-bond acceptors (Lipinski definition) is 2. The van der Waals surface area contributed by atoms with E-state index in [1.54, 1.807) is 0 Å². The maximum Gasteiger partial charge on any atom is 0.310 e. The molecule has 0 spiro atoms. The molecule has 2 aliphatic rings. The average molecular weight is 315 g/mol. The Hall–Kier alpha value is -1.84. The zero-order valence-corrected chi connectivity index (χ0v) is 13.5. The van der Waals surface area contributed by atoms with Gasteiger partial charge in [0.1, 0.15) is 0 Å². The van der Waals surface area contributed by atoms with Gasteiger partial charge in [0.25, 0.3) is 0 Å².